The van der Waals surface area contributed by atoms with Crippen LogP contribution in [0.25, 0.3) is 0 Å². The number of para-hydroxylation sites is 1. The molecular weight excluding hydrogens is 252 g/mol. The number of ether oxygens (including phenoxy) is 1. The highest BCUT2D eigenvalue weighted by molar-refractivity contribution is 5.90. The fraction of sp³-hybridized carbons (Fsp3) is 0.125. The third kappa shape index (κ3) is 4.14. The van der Waals surface area contributed by atoms with Crippen LogP contribution in [0.3, 0.4) is 0 Å². The summed E-state index contributed by atoms with van der Waals surface area (Å²) in [6.07, 6.45) is 0.430. The average molecular weight is 266 g/mol. The fourth-order valence-electron chi connectivity index (χ4n) is 1.62. The van der Waals surface area contributed by atoms with Gasteiger partial charge in [0.05, 0.1) is 6.07 Å². The minimum absolute atomic E-state index is 0.164. The number of nitrogens with zero attached hydrogens (tertiary/aromatic N) is 1. The van der Waals surface area contributed by atoms with Crippen LogP contribution in [0.2, 0.25) is 0 Å². The van der Waals surface area contributed by atoms with E-state index in [9.17, 15) is 4.79 Å². The molecule has 0 atom stereocenters. The van der Waals surface area contributed by atoms with E-state index in [2.05, 4.69) is 5.32 Å². The van der Waals surface area contributed by atoms with E-state index < -0.39 is 0 Å². The maximum atomic E-state index is 11.5. The Hall–Kier alpha value is -2.80. The molecule has 0 aliphatic rings. The molecule has 0 unspecified atom stereocenters. The summed E-state index contributed by atoms with van der Waals surface area (Å²) in [5, 5.41) is 11.1. The summed E-state index contributed by atoms with van der Waals surface area (Å²) in [6.45, 7) is 0. The predicted molar refractivity (Wildman–Crippen MR) is 76.4 cm³/mol. The van der Waals surface area contributed by atoms with Crippen molar-refractivity contribution in [1.29, 1.82) is 5.26 Å². The number of hydrogen-bond acceptors (Lipinski definition) is 3. The van der Waals surface area contributed by atoms with Gasteiger partial charge in [-0.15, -0.1) is 0 Å². The molecule has 0 bridgehead atoms. The lowest BCUT2D eigenvalue weighted by Crippen LogP contribution is -2.10. The molecule has 4 heteroatoms. The lowest BCUT2D eigenvalue weighted by Gasteiger charge is -2.07. The molecule has 0 aliphatic heterocycles. The van der Waals surface area contributed by atoms with Gasteiger partial charge in [0.15, 0.2) is 0 Å². The third-order valence-corrected chi connectivity index (χ3v) is 2.58. The summed E-state index contributed by atoms with van der Waals surface area (Å²) < 4.78 is 5.65. The van der Waals surface area contributed by atoms with E-state index in [0.717, 1.165) is 5.75 Å². The van der Waals surface area contributed by atoms with E-state index in [4.69, 9.17) is 10.00 Å². The van der Waals surface area contributed by atoms with Crippen molar-refractivity contribution < 1.29 is 9.53 Å². The molecule has 2 rings (SSSR count). The van der Waals surface area contributed by atoms with Crippen LogP contribution in [0.4, 0.5) is 5.69 Å². The van der Waals surface area contributed by atoms with Gasteiger partial charge in [-0.3, -0.25) is 4.79 Å². The Balaban J connectivity index is 1.93. The van der Waals surface area contributed by atoms with Gasteiger partial charge in [-0.1, -0.05) is 18.2 Å². The van der Waals surface area contributed by atoms with Gasteiger partial charge in [0.1, 0.15) is 11.5 Å². The van der Waals surface area contributed by atoms with Crippen molar-refractivity contribution in [2.24, 2.45) is 0 Å². The second-order valence-electron chi connectivity index (χ2n) is 4.15. The van der Waals surface area contributed by atoms with Crippen molar-refractivity contribution >= 4 is 11.6 Å². The molecule has 1 N–H and O–H groups in total. The number of rotatable bonds is 5. The minimum atomic E-state index is -0.164. The molecule has 2 aromatic rings. The van der Waals surface area contributed by atoms with Gasteiger partial charge in [0, 0.05) is 18.5 Å². The summed E-state index contributed by atoms with van der Waals surface area (Å²) in [7, 11) is 0. The summed E-state index contributed by atoms with van der Waals surface area (Å²) >= 11 is 0. The lowest BCUT2D eigenvalue weighted by atomic mass is 10.2. The van der Waals surface area contributed by atoms with Gasteiger partial charge in [-0.25, -0.2) is 0 Å². The van der Waals surface area contributed by atoms with Gasteiger partial charge >= 0.3 is 0 Å². The van der Waals surface area contributed by atoms with Gasteiger partial charge in [-0.05, 0) is 36.4 Å². The molecule has 1 amide bonds. The van der Waals surface area contributed by atoms with Crippen LogP contribution in [0.5, 0.6) is 11.5 Å². The fourth-order valence-corrected chi connectivity index (χ4v) is 1.62. The average Bonchev–Trinajstić information content (AvgIpc) is 2.48. The highest BCUT2D eigenvalue weighted by atomic mass is 16.5. The molecular formula is C16H14N2O2. The number of benzene rings is 2. The second kappa shape index (κ2) is 6.95. The van der Waals surface area contributed by atoms with Crippen LogP contribution in [0.15, 0.2) is 54.6 Å². The first kappa shape index (κ1) is 13.6. The monoisotopic (exact) mass is 266 g/mol. The molecule has 0 fully saturated rings. The first-order valence-electron chi connectivity index (χ1n) is 6.28. The Bertz CT molecular complexity index is 601. The summed E-state index contributed by atoms with van der Waals surface area (Å²) in [5.74, 6) is 1.30. The van der Waals surface area contributed by atoms with Crippen molar-refractivity contribution in [3.63, 3.8) is 0 Å². The summed E-state index contributed by atoms with van der Waals surface area (Å²) in [5.41, 5.74) is 0.688. The number of carbonyl (C=O) groups excluding carboxylic acids is 1. The van der Waals surface area contributed by atoms with E-state index in [0.29, 0.717) is 11.4 Å². The van der Waals surface area contributed by atoms with Crippen molar-refractivity contribution in [1.82, 2.24) is 0 Å². The number of hydrogen-bond donors (Lipinski definition) is 1. The Kier molecular flexibility index (Phi) is 4.74. The Labute approximate surface area is 117 Å². The molecule has 4 nitrogen and oxygen atoms in total. The maximum Gasteiger partial charge on any atom is 0.225 e. The zero-order chi connectivity index (χ0) is 14.2. The molecule has 0 spiro atoms. The molecule has 0 aromatic heterocycles. The van der Waals surface area contributed by atoms with E-state index in [1.165, 1.54) is 0 Å². The first-order chi connectivity index (χ1) is 9.78. The highest BCUT2D eigenvalue weighted by Gasteiger charge is 2.02. The van der Waals surface area contributed by atoms with E-state index in [1.54, 1.807) is 24.3 Å². The van der Waals surface area contributed by atoms with E-state index in [1.807, 2.05) is 36.4 Å². The lowest BCUT2D eigenvalue weighted by molar-refractivity contribution is -0.116. The molecule has 0 saturated heterocycles. The maximum absolute atomic E-state index is 11.5. The largest absolute Gasteiger partial charge is 0.457 e. The van der Waals surface area contributed by atoms with Crippen LogP contribution < -0.4 is 10.1 Å². The van der Waals surface area contributed by atoms with Crippen LogP contribution in [-0.4, -0.2) is 5.91 Å². The zero-order valence-corrected chi connectivity index (χ0v) is 10.9. The summed E-state index contributed by atoms with van der Waals surface area (Å²) in [4.78, 5) is 11.5. The number of amides is 1. The first-order valence-corrected chi connectivity index (χ1v) is 6.28. The topological polar surface area (TPSA) is 62.1 Å². The Morgan fingerprint density at radius 3 is 2.35 bits per heavy atom. The normalized spacial score (nSPS) is 9.55. The van der Waals surface area contributed by atoms with Gasteiger partial charge in [0.2, 0.25) is 5.91 Å². The van der Waals surface area contributed by atoms with Crippen LogP contribution in [0, 0.1) is 11.3 Å². The standard InChI is InChI=1S/C16H14N2O2/c17-12-4-7-16(19)18-13-8-10-15(11-9-13)20-14-5-2-1-3-6-14/h1-3,5-6,8-11H,4,7H2,(H,18,19). The van der Waals surface area contributed by atoms with Gasteiger partial charge < -0.3 is 10.1 Å². The number of carbonyl (C=O) groups is 1. The predicted octanol–water partition coefficient (Wildman–Crippen LogP) is 3.72. The number of nitrogens with one attached hydrogen (secondary N) is 1. The molecule has 0 radical (unpaired) electrons. The second-order valence-corrected chi connectivity index (χ2v) is 4.15. The molecule has 2 aromatic carbocycles. The smallest absolute Gasteiger partial charge is 0.225 e. The molecule has 100 valence electrons. The van der Waals surface area contributed by atoms with E-state index >= 15 is 0 Å². The van der Waals surface area contributed by atoms with Gasteiger partial charge in [-0.2, -0.15) is 5.26 Å². The molecule has 0 heterocycles. The molecule has 0 aliphatic carbocycles. The Morgan fingerprint density at radius 2 is 1.70 bits per heavy atom. The SMILES string of the molecule is N#CCCC(=O)Nc1ccc(Oc2ccccc2)cc1. The van der Waals surface area contributed by atoms with Crippen molar-refractivity contribution in [2.45, 2.75) is 12.8 Å². The highest BCUT2D eigenvalue weighted by Crippen LogP contribution is 2.22. The molecule has 20 heavy (non-hydrogen) atoms. The van der Waals surface area contributed by atoms with Crippen molar-refractivity contribution in [3.05, 3.63) is 54.6 Å². The van der Waals surface area contributed by atoms with Crippen LogP contribution in [-0.2, 0) is 4.79 Å². The molecule has 0 saturated carbocycles. The number of nitriles is 1. The third-order valence-electron chi connectivity index (χ3n) is 2.58. The van der Waals surface area contributed by atoms with E-state index in [-0.39, 0.29) is 18.7 Å². The Morgan fingerprint density at radius 1 is 1.05 bits per heavy atom. The van der Waals surface area contributed by atoms with Crippen LogP contribution >= 0.6 is 0 Å². The van der Waals surface area contributed by atoms with Gasteiger partial charge in [0.25, 0.3) is 0 Å². The minimum Gasteiger partial charge on any atom is -0.457 e. The number of anilines is 1. The van der Waals surface area contributed by atoms with Crippen molar-refractivity contribution in [2.75, 3.05) is 5.32 Å². The van der Waals surface area contributed by atoms with Crippen LogP contribution in [0.1, 0.15) is 12.8 Å². The zero-order valence-electron chi connectivity index (χ0n) is 10.9. The summed E-state index contributed by atoms with van der Waals surface area (Å²) in [6, 6.07) is 18.5. The van der Waals surface area contributed by atoms with Crippen molar-refractivity contribution in [3.8, 4) is 17.6 Å². The quantitative estimate of drug-likeness (QED) is 0.897.